The van der Waals surface area contributed by atoms with Crippen molar-refractivity contribution >= 4 is 29.9 Å². The summed E-state index contributed by atoms with van der Waals surface area (Å²) in [7, 11) is 2.14. The molecule has 2 rings (SSSR count). The molecule has 1 unspecified atom stereocenters. The SMILES string of the molecule is CCNC(=NCC1CCCN(C)C1)NCCOc1ccc(F)cc1F.I. The van der Waals surface area contributed by atoms with Gasteiger partial charge >= 0.3 is 0 Å². The van der Waals surface area contributed by atoms with E-state index in [1.807, 2.05) is 6.92 Å². The van der Waals surface area contributed by atoms with Crippen molar-refractivity contribution in [2.45, 2.75) is 19.8 Å². The molecular formula is C18H29F2IN4O. The molecule has 1 atom stereocenters. The molecule has 2 N–H and O–H groups in total. The van der Waals surface area contributed by atoms with Gasteiger partial charge in [0.25, 0.3) is 0 Å². The Hall–Kier alpha value is -1.16. The van der Waals surface area contributed by atoms with E-state index >= 15 is 0 Å². The summed E-state index contributed by atoms with van der Waals surface area (Å²) in [5, 5.41) is 6.37. The van der Waals surface area contributed by atoms with Gasteiger partial charge in [0, 0.05) is 25.7 Å². The number of ether oxygens (including phenoxy) is 1. The lowest BCUT2D eigenvalue weighted by atomic mass is 9.99. The number of hydrogen-bond acceptors (Lipinski definition) is 3. The molecule has 1 aromatic rings. The number of rotatable bonds is 7. The normalized spacial score (nSPS) is 18.2. The molecule has 1 fully saturated rings. The van der Waals surface area contributed by atoms with Crippen LogP contribution in [0.25, 0.3) is 0 Å². The molecule has 148 valence electrons. The van der Waals surface area contributed by atoms with Crippen LogP contribution in [0.4, 0.5) is 8.78 Å². The lowest BCUT2D eigenvalue weighted by molar-refractivity contribution is 0.214. The van der Waals surface area contributed by atoms with Gasteiger partial charge in [-0.15, -0.1) is 24.0 Å². The van der Waals surface area contributed by atoms with E-state index in [0.717, 1.165) is 38.2 Å². The lowest BCUT2D eigenvalue weighted by Gasteiger charge is -2.28. The van der Waals surface area contributed by atoms with Crippen LogP contribution in [0.3, 0.4) is 0 Å². The first-order valence-electron chi connectivity index (χ1n) is 8.87. The quantitative estimate of drug-likeness (QED) is 0.272. The predicted octanol–water partition coefficient (Wildman–Crippen LogP) is 2.86. The Balaban J connectivity index is 0.00000338. The summed E-state index contributed by atoms with van der Waals surface area (Å²) in [4.78, 5) is 6.98. The molecule has 0 saturated carbocycles. The summed E-state index contributed by atoms with van der Waals surface area (Å²) in [6.45, 7) is 6.55. The highest BCUT2D eigenvalue weighted by molar-refractivity contribution is 14.0. The Morgan fingerprint density at radius 3 is 2.85 bits per heavy atom. The number of halogens is 3. The number of guanidine groups is 1. The van der Waals surface area contributed by atoms with Crippen LogP contribution in [0, 0.1) is 17.6 Å². The summed E-state index contributed by atoms with van der Waals surface area (Å²) in [6.07, 6.45) is 2.43. The van der Waals surface area contributed by atoms with Crippen molar-refractivity contribution < 1.29 is 13.5 Å². The van der Waals surface area contributed by atoms with E-state index in [0.29, 0.717) is 12.5 Å². The lowest BCUT2D eigenvalue weighted by Crippen LogP contribution is -2.40. The maximum atomic E-state index is 13.5. The predicted molar refractivity (Wildman–Crippen MR) is 111 cm³/mol. The fraction of sp³-hybridized carbons (Fsp3) is 0.611. The number of hydrogen-bond donors (Lipinski definition) is 2. The zero-order valence-corrected chi connectivity index (χ0v) is 17.8. The van der Waals surface area contributed by atoms with Crippen molar-refractivity contribution in [1.82, 2.24) is 15.5 Å². The third kappa shape index (κ3) is 8.03. The Kier molecular flexibility index (Phi) is 10.8. The van der Waals surface area contributed by atoms with E-state index in [1.165, 1.54) is 25.0 Å². The van der Waals surface area contributed by atoms with Gasteiger partial charge in [0.15, 0.2) is 17.5 Å². The van der Waals surface area contributed by atoms with E-state index in [-0.39, 0.29) is 36.3 Å². The van der Waals surface area contributed by atoms with Crippen LogP contribution in [0.5, 0.6) is 5.75 Å². The van der Waals surface area contributed by atoms with Crippen LogP contribution in [0.1, 0.15) is 19.8 Å². The first-order valence-corrected chi connectivity index (χ1v) is 8.87. The Morgan fingerprint density at radius 1 is 1.35 bits per heavy atom. The topological polar surface area (TPSA) is 48.9 Å². The Morgan fingerprint density at radius 2 is 2.15 bits per heavy atom. The average molecular weight is 482 g/mol. The van der Waals surface area contributed by atoms with Gasteiger partial charge in [-0.05, 0) is 51.4 Å². The van der Waals surface area contributed by atoms with Crippen molar-refractivity contribution in [3.05, 3.63) is 29.8 Å². The van der Waals surface area contributed by atoms with Crippen molar-refractivity contribution in [3.8, 4) is 5.75 Å². The zero-order valence-electron chi connectivity index (χ0n) is 15.4. The summed E-state index contributed by atoms with van der Waals surface area (Å²) in [5.41, 5.74) is 0. The van der Waals surface area contributed by atoms with Gasteiger partial charge in [-0.3, -0.25) is 4.99 Å². The number of benzene rings is 1. The Bertz CT molecular complexity index is 574. The summed E-state index contributed by atoms with van der Waals surface area (Å²) in [5.74, 6) is 0.0629. The van der Waals surface area contributed by atoms with E-state index < -0.39 is 11.6 Å². The van der Waals surface area contributed by atoms with Gasteiger partial charge < -0.3 is 20.3 Å². The molecule has 0 amide bonds. The van der Waals surface area contributed by atoms with Crippen LogP contribution >= 0.6 is 24.0 Å². The highest BCUT2D eigenvalue weighted by atomic mass is 127. The molecule has 5 nitrogen and oxygen atoms in total. The average Bonchev–Trinajstić information content (AvgIpc) is 2.58. The van der Waals surface area contributed by atoms with Crippen LogP contribution in [0.2, 0.25) is 0 Å². The van der Waals surface area contributed by atoms with Gasteiger partial charge in [-0.25, -0.2) is 8.78 Å². The molecule has 0 spiro atoms. The van der Waals surface area contributed by atoms with Gasteiger partial charge in [-0.2, -0.15) is 0 Å². The zero-order chi connectivity index (χ0) is 18.1. The summed E-state index contributed by atoms with van der Waals surface area (Å²) < 4.78 is 31.7. The maximum absolute atomic E-state index is 13.5. The molecule has 0 aliphatic carbocycles. The first kappa shape index (κ1) is 22.9. The molecule has 8 heteroatoms. The van der Waals surface area contributed by atoms with E-state index in [9.17, 15) is 8.78 Å². The standard InChI is InChI=1S/C18H28F2N4O.HI/c1-3-21-18(23-12-14-5-4-9-24(2)13-14)22-8-10-25-17-7-6-15(19)11-16(17)20;/h6-7,11,14H,3-5,8-10,12-13H2,1-2H3,(H2,21,22,23);1H. The number of piperidine rings is 1. The number of likely N-dealkylation sites (tertiary alicyclic amines) is 1. The van der Waals surface area contributed by atoms with Crippen LogP contribution in [-0.2, 0) is 0 Å². The maximum Gasteiger partial charge on any atom is 0.191 e. The second-order valence-corrected chi connectivity index (χ2v) is 6.34. The molecule has 26 heavy (non-hydrogen) atoms. The summed E-state index contributed by atoms with van der Waals surface area (Å²) >= 11 is 0. The van der Waals surface area contributed by atoms with E-state index in [1.54, 1.807) is 0 Å². The molecular weight excluding hydrogens is 453 g/mol. The molecule has 1 aromatic carbocycles. The molecule has 1 saturated heterocycles. The van der Waals surface area contributed by atoms with Crippen LogP contribution in [-0.4, -0.2) is 57.2 Å². The third-order valence-electron chi connectivity index (χ3n) is 4.12. The smallest absolute Gasteiger partial charge is 0.191 e. The van der Waals surface area contributed by atoms with Crippen molar-refractivity contribution in [1.29, 1.82) is 0 Å². The summed E-state index contributed by atoms with van der Waals surface area (Å²) in [6, 6.07) is 3.29. The molecule has 1 aliphatic heterocycles. The highest BCUT2D eigenvalue weighted by Crippen LogP contribution is 2.17. The second kappa shape index (κ2) is 12.3. The van der Waals surface area contributed by atoms with E-state index in [2.05, 4.69) is 27.6 Å². The van der Waals surface area contributed by atoms with Crippen molar-refractivity contribution in [3.63, 3.8) is 0 Å². The Labute approximate surface area is 171 Å². The molecule has 1 aliphatic rings. The van der Waals surface area contributed by atoms with Gasteiger partial charge in [-0.1, -0.05) is 0 Å². The molecule has 0 bridgehead atoms. The van der Waals surface area contributed by atoms with Crippen LogP contribution < -0.4 is 15.4 Å². The fourth-order valence-electron chi connectivity index (χ4n) is 2.91. The van der Waals surface area contributed by atoms with Gasteiger partial charge in [0.05, 0.1) is 6.54 Å². The van der Waals surface area contributed by atoms with Crippen LogP contribution in [0.15, 0.2) is 23.2 Å². The van der Waals surface area contributed by atoms with Gasteiger partial charge in [0.1, 0.15) is 12.4 Å². The number of aliphatic imine (C=N–C) groups is 1. The fourth-order valence-corrected chi connectivity index (χ4v) is 2.91. The third-order valence-corrected chi connectivity index (χ3v) is 4.12. The molecule has 1 heterocycles. The second-order valence-electron chi connectivity index (χ2n) is 6.34. The van der Waals surface area contributed by atoms with Crippen molar-refractivity contribution in [2.24, 2.45) is 10.9 Å². The number of nitrogens with zero attached hydrogens (tertiary/aromatic N) is 2. The minimum atomic E-state index is -0.693. The molecule has 0 radical (unpaired) electrons. The minimum absolute atomic E-state index is 0. The van der Waals surface area contributed by atoms with Crippen molar-refractivity contribution in [2.75, 3.05) is 46.4 Å². The number of nitrogens with one attached hydrogen (secondary N) is 2. The largest absolute Gasteiger partial charge is 0.489 e. The molecule has 0 aromatic heterocycles. The minimum Gasteiger partial charge on any atom is -0.489 e. The van der Waals surface area contributed by atoms with E-state index in [4.69, 9.17) is 4.74 Å². The van der Waals surface area contributed by atoms with Gasteiger partial charge in [0.2, 0.25) is 0 Å². The monoisotopic (exact) mass is 482 g/mol. The first-order chi connectivity index (χ1) is 12.1. The highest BCUT2D eigenvalue weighted by Gasteiger charge is 2.16.